The van der Waals surface area contributed by atoms with E-state index in [0.717, 1.165) is 5.92 Å². The van der Waals surface area contributed by atoms with Crippen LogP contribution < -0.4 is 5.73 Å². The van der Waals surface area contributed by atoms with Gasteiger partial charge in [0.15, 0.2) is 0 Å². The third-order valence-corrected chi connectivity index (χ3v) is 5.19. The lowest BCUT2D eigenvalue weighted by Gasteiger charge is -2.21. The molecule has 1 aliphatic rings. The molecule has 0 amide bonds. The molecular formula is C12H18INS. The molecule has 0 aliphatic heterocycles. The Hall–Kier alpha value is 0.390. The summed E-state index contributed by atoms with van der Waals surface area (Å²) in [6.07, 6.45) is 8.22. The molecule has 1 nitrogen and oxygen atoms in total. The van der Waals surface area contributed by atoms with Crippen LogP contribution in [0.25, 0.3) is 0 Å². The summed E-state index contributed by atoms with van der Waals surface area (Å²) in [5, 5.41) is 2.23. The molecular weight excluding hydrogens is 317 g/mol. The predicted molar refractivity (Wildman–Crippen MR) is 75.2 cm³/mol. The zero-order chi connectivity index (χ0) is 10.7. The fourth-order valence-corrected chi connectivity index (χ4v) is 3.86. The van der Waals surface area contributed by atoms with Crippen molar-refractivity contribution in [3.8, 4) is 0 Å². The van der Waals surface area contributed by atoms with Gasteiger partial charge in [0.2, 0.25) is 0 Å². The van der Waals surface area contributed by atoms with Gasteiger partial charge in [-0.1, -0.05) is 25.7 Å². The molecule has 1 unspecified atom stereocenters. The van der Waals surface area contributed by atoms with Gasteiger partial charge in [0, 0.05) is 6.04 Å². The summed E-state index contributed by atoms with van der Waals surface area (Å²) in [6.45, 7) is 0. The van der Waals surface area contributed by atoms with Gasteiger partial charge >= 0.3 is 0 Å². The summed E-state index contributed by atoms with van der Waals surface area (Å²) >= 11 is 4.18. The minimum Gasteiger partial charge on any atom is -0.324 e. The molecule has 1 aliphatic carbocycles. The molecule has 0 bridgehead atoms. The fourth-order valence-electron chi connectivity index (χ4n) is 2.44. The second-order valence-corrected chi connectivity index (χ2v) is 7.27. The van der Waals surface area contributed by atoms with E-state index in [9.17, 15) is 0 Å². The molecule has 1 fully saturated rings. The quantitative estimate of drug-likeness (QED) is 0.632. The zero-order valence-electron chi connectivity index (χ0n) is 8.92. The Balaban J connectivity index is 2.02. The van der Waals surface area contributed by atoms with Crippen LogP contribution in [-0.2, 0) is 0 Å². The second-order valence-electron chi connectivity index (χ2n) is 4.46. The Morgan fingerprint density at radius 1 is 1.27 bits per heavy atom. The van der Waals surface area contributed by atoms with Crippen molar-refractivity contribution in [1.29, 1.82) is 0 Å². The lowest BCUT2D eigenvalue weighted by Crippen LogP contribution is -2.20. The minimum atomic E-state index is 0.280. The topological polar surface area (TPSA) is 26.0 Å². The Morgan fingerprint density at radius 3 is 2.47 bits per heavy atom. The van der Waals surface area contributed by atoms with Gasteiger partial charge in [-0.2, -0.15) is 0 Å². The SMILES string of the molecule is NC(c1csc(I)c1)C1CCCCCC1. The normalized spacial score (nSPS) is 21.2. The molecule has 2 rings (SSSR count). The molecule has 0 radical (unpaired) electrons. The Labute approximate surface area is 110 Å². The van der Waals surface area contributed by atoms with Gasteiger partial charge in [-0.15, -0.1) is 11.3 Å². The van der Waals surface area contributed by atoms with E-state index in [1.54, 1.807) is 0 Å². The van der Waals surface area contributed by atoms with Crippen molar-refractivity contribution in [1.82, 2.24) is 0 Å². The summed E-state index contributed by atoms with van der Waals surface area (Å²) in [6, 6.07) is 2.53. The molecule has 84 valence electrons. The van der Waals surface area contributed by atoms with Crippen LogP contribution >= 0.6 is 33.9 Å². The number of halogens is 1. The maximum atomic E-state index is 6.36. The number of hydrogen-bond donors (Lipinski definition) is 1. The third-order valence-electron chi connectivity index (χ3n) is 3.38. The number of hydrogen-bond acceptors (Lipinski definition) is 2. The van der Waals surface area contributed by atoms with Gasteiger partial charge in [-0.25, -0.2) is 0 Å². The molecule has 0 aromatic carbocycles. The van der Waals surface area contributed by atoms with E-state index in [1.807, 2.05) is 11.3 Å². The first-order valence-corrected chi connectivity index (χ1v) is 7.73. The van der Waals surface area contributed by atoms with Crippen molar-refractivity contribution >= 4 is 33.9 Å². The van der Waals surface area contributed by atoms with Crippen molar-refractivity contribution in [2.24, 2.45) is 11.7 Å². The van der Waals surface area contributed by atoms with E-state index < -0.39 is 0 Å². The molecule has 3 heteroatoms. The molecule has 1 aromatic heterocycles. The van der Waals surface area contributed by atoms with Crippen LogP contribution in [-0.4, -0.2) is 0 Å². The number of rotatable bonds is 2. The molecule has 0 saturated heterocycles. The monoisotopic (exact) mass is 335 g/mol. The van der Waals surface area contributed by atoms with E-state index in [1.165, 1.54) is 47.0 Å². The largest absolute Gasteiger partial charge is 0.324 e. The van der Waals surface area contributed by atoms with Crippen LogP contribution in [0.1, 0.15) is 50.1 Å². The number of thiophene rings is 1. The van der Waals surface area contributed by atoms with Crippen molar-refractivity contribution in [3.05, 3.63) is 19.9 Å². The van der Waals surface area contributed by atoms with Crippen LogP contribution in [0, 0.1) is 8.80 Å². The predicted octanol–water partition coefficient (Wildman–Crippen LogP) is 4.32. The summed E-state index contributed by atoms with van der Waals surface area (Å²) < 4.78 is 1.35. The van der Waals surface area contributed by atoms with Gasteiger partial charge in [0.1, 0.15) is 0 Å². The Morgan fingerprint density at radius 2 is 1.93 bits per heavy atom. The summed E-state index contributed by atoms with van der Waals surface area (Å²) in [5.74, 6) is 0.720. The highest BCUT2D eigenvalue weighted by Crippen LogP contribution is 2.33. The third kappa shape index (κ3) is 3.17. The first-order chi connectivity index (χ1) is 7.27. The van der Waals surface area contributed by atoms with Crippen LogP contribution in [0.15, 0.2) is 11.4 Å². The highest BCUT2D eigenvalue weighted by atomic mass is 127. The smallest absolute Gasteiger partial charge is 0.0656 e. The highest BCUT2D eigenvalue weighted by Gasteiger charge is 2.21. The molecule has 1 aromatic rings. The van der Waals surface area contributed by atoms with Gasteiger partial charge in [0.25, 0.3) is 0 Å². The van der Waals surface area contributed by atoms with Crippen molar-refractivity contribution in [2.45, 2.75) is 44.6 Å². The van der Waals surface area contributed by atoms with Gasteiger partial charge in [-0.3, -0.25) is 0 Å². The minimum absolute atomic E-state index is 0.280. The van der Waals surface area contributed by atoms with Crippen LogP contribution in [0.2, 0.25) is 0 Å². The average molecular weight is 335 g/mol. The van der Waals surface area contributed by atoms with Crippen molar-refractivity contribution in [3.63, 3.8) is 0 Å². The lowest BCUT2D eigenvalue weighted by molar-refractivity contribution is 0.383. The molecule has 1 atom stereocenters. The molecule has 2 N–H and O–H groups in total. The van der Waals surface area contributed by atoms with Crippen molar-refractivity contribution < 1.29 is 0 Å². The molecule has 0 spiro atoms. The van der Waals surface area contributed by atoms with E-state index >= 15 is 0 Å². The first-order valence-electron chi connectivity index (χ1n) is 5.77. The van der Waals surface area contributed by atoms with E-state index in [0.29, 0.717) is 0 Å². The van der Waals surface area contributed by atoms with E-state index in [4.69, 9.17) is 5.73 Å². The summed E-state index contributed by atoms with van der Waals surface area (Å²) in [7, 11) is 0. The van der Waals surface area contributed by atoms with Crippen LogP contribution in [0.5, 0.6) is 0 Å². The summed E-state index contributed by atoms with van der Waals surface area (Å²) in [5.41, 5.74) is 7.71. The van der Waals surface area contributed by atoms with Gasteiger partial charge in [0.05, 0.1) is 2.88 Å². The maximum absolute atomic E-state index is 6.36. The molecule has 15 heavy (non-hydrogen) atoms. The van der Waals surface area contributed by atoms with Gasteiger partial charge < -0.3 is 5.73 Å². The standard InChI is InChI=1S/C12H18INS/c13-11-7-10(8-15-11)12(14)9-5-3-1-2-4-6-9/h7-9,12H,1-6,14H2. The van der Waals surface area contributed by atoms with E-state index in [2.05, 4.69) is 34.0 Å². The fraction of sp³-hybridized carbons (Fsp3) is 0.667. The Bertz CT molecular complexity index is 302. The Kier molecular flexibility index (Phi) is 4.46. The average Bonchev–Trinajstić information content (AvgIpc) is 2.53. The molecule has 1 saturated carbocycles. The molecule has 1 heterocycles. The first kappa shape index (κ1) is 11.9. The summed E-state index contributed by atoms with van der Waals surface area (Å²) in [4.78, 5) is 0. The maximum Gasteiger partial charge on any atom is 0.0656 e. The highest BCUT2D eigenvalue weighted by molar-refractivity contribution is 14.1. The van der Waals surface area contributed by atoms with Gasteiger partial charge in [-0.05, 0) is 58.4 Å². The second kappa shape index (κ2) is 5.64. The van der Waals surface area contributed by atoms with Crippen LogP contribution in [0.3, 0.4) is 0 Å². The van der Waals surface area contributed by atoms with E-state index in [-0.39, 0.29) is 6.04 Å². The zero-order valence-corrected chi connectivity index (χ0v) is 11.9. The number of nitrogens with two attached hydrogens (primary N) is 1. The van der Waals surface area contributed by atoms with Crippen molar-refractivity contribution in [2.75, 3.05) is 0 Å². The van der Waals surface area contributed by atoms with Crippen LogP contribution in [0.4, 0.5) is 0 Å². The lowest BCUT2D eigenvalue weighted by atomic mass is 9.89.